The average molecular weight is 370 g/mol. The number of hydrogen-bond acceptors (Lipinski definition) is 3. The topological polar surface area (TPSA) is 41.4 Å². The highest BCUT2D eigenvalue weighted by Crippen LogP contribution is 2.31. The van der Waals surface area contributed by atoms with Crippen molar-refractivity contribution >= 4 is 5.91 Å². The SMILES string of the molecule is CC(=O)N1CCc2c(c(-c3ccc(F)cc3)nn2CC[C@H]2CCCN2C)C1. The highest BCUT2D eigenvalue weighted by molar-refractivity contribution is 5.74. The lowest BCUT2D eigenvalue weighted by Crippen LogP contribution is -2.35. The quantitative estimate of drug-likeness (QED) is 0.831. The van der Waals surface area contributed by atoms with Gasteiger partial charge in [0.25, 0.3) is 0 Å². The summed E-state index contributed by atoms with van der Waals surface area (Å²) in [5, 5.41) is 4.91. The van der Waals surface area contributed by atoms with Crippen LogP contribution in [0.4, 0.5) is 4.39 Å². The van der Waals surface area contributed by atoms with Gasteiger partial charge in [0, 0.05) is 55.8 Å². The molecule has 0 unspecified atom stereocenters. The number of nitrogens with zero attached hydrogens (tertiary/aromatic N) is 4. The Morgan fingerprint density at radius 1 is 1.26 bits per heavy atom. The minimum atomic E-state index is -0.248. The van der Waals surface area contributed by atoms with E-state index in [4.69, 9.17) is 5.10 Å². The van der Waals surface area contributed by atoms with Crippen LogP contribution in [0.3, 0.4) is 0 Å². The summed E-state index contributed by atoms with van der Waals surface area (Å²) in [7, 11) is 2.20. The molecule has 1 atom stereocenters. The van der Waals surface area contributed by atoms with Gasteiger partial charge in [0.2, 0.25) is 5.91 Å². The second-order valence-electron chi connectivity index (χ2n) is 7.76. The maximum atomic E-state index is 13.4. The van der Waals surface area contributed by atoms with Gasteiger partial charge in [-0.2, -0.15) is 5.10 Å². The Kier molecular flexibility index (Phi) is 5.00. The normalized spacial score (nSPS) is 20.1. The molecular weight excluding hydrogens is 343 g/mol. The number of carbonyl (C=O) groups is 1. The van der Waals surface area contributed by atoms with E-state index < -0.39 is 0 Å². The third-order valence-corrected chi connectivity index (χ3v) is 6.04. The molecule has 4 rings (SSSR count). The van der Waals surface area contributed by atoms with Crippen molar-refractivity contribution in [3.63, 3.8) is 0 Å². The van der Waals surface area contributed by atoms with Gasteiger partial charge in [-0.3, -0.25) is 9.48 Å². The lowest BCUT2D eigenvalue weighted by Gasteiger charge is -2.27. The zero-order valence-corrected chi connectivity index (χ0v) is 16.1. The summed E-state index contributed by atoms with van der Waals surface area (Å²) >= 11 is 0. The first-order valence-electron chi connectivity index (χ1n) is 9.83. The molecule has 0 bridgehead atoms. The van der Waals surface area contributed by atoms with Crippen molar-refractivity contribution in [2.75, 3.05) is 20.1 Å². The van der Waals surface area contributed by atoms with E-state index in [-0.39, 0.29) is 11.7 Å². The first-order chi connectivity index (χ1) is 13.0. The van der Waals surface area contributed by atoms with E-state index in [1.165, 1.54) is 37.2 Å². The first kappa shape index (κ1) is 18.2. The summed E-state index contributed by atoms with van der Waals surface area (Å²) in [5.41, 5.74) is 4.14. The number of benzene rings is 1. The molecule has 1 fully saturated rings. The highest BCUT2D eigenvalue weighted by Gasteiger charge is 2.28. The molecular formula is C21H27FN4O. The van der Waals surface area contributed by atoms with Crippen LogP contribution in [0.2, 0.25) is 0 Å². The molecule has 1 aromatic carbocycles. The van der Waals surface area contributed by atoms with Crippen LogP contribution in [0.15, 0.2) is 24.3 Å². The van der Waals surface area contributed by atoms with Crippen LogP contribution in [-0.4, -0.2) is 51.7 Å². The molecule has 144 valence electrons. The van der Waals surface area contributed by atoms with Crippen LogP contribution >= 0.6 is 0 Å². The summed E-state index contributed by atoms with van der Waals surface area (Å²) in [4.78, 5) is 16.2. The van der Waals surface area contributed by atoms with E-state index in [2.05, 4.69) is 16.6 Å². The zero-order valence-electron chi connectivity index (χ0n) is 16.1. The number of amides is 1. The second-order valence-corrected chi connectivity index (χ2v) is 7.76. The molecule has 0 aliphatic carbocycles. The van der Waals surface area contributed by atoms with Crippen molar-refractivity contribution in [3.05, 3.63) is 41.3 Å². The van der Waals surface area contributed by atoms with Crippen molar-refractivity contribution in [2.45, 2.75) is 51.7 Å². The van der Waals surface area contributed by atoms with E-state index in [9.17, 15) is 9.18 Å². The Labute approximate surface area is 159 Å². The third-order valence-electron chi connectivity index (χ3n) is 6.04. The maximum absolute atomic E-state index is 13.4. The van der Waals surface area contributed by atoms with Crippen molar-refractivity contribution in [1.82, 2.24) is 19.6 Å². The van der Waals surface area contributed by atoms with Crippen LogP contribution in [0.1, 0.15) is 37.4 Å². The Morgan fingerprint density at radius 2 is 2.04 bits per heavy atom. The number of fused-ring (bicyclic) bond motifs is 1. The largest absolute Gasteiger partial charge is 0.338 e. The number of likely N-dealkylation sites (tertiary alicyclic amines) is 1. The van der Waals surface area contributed by atoms with Gasteiger partial charge in [-0.1, -0.05) is 0 Å². The Balaban J connectivity index is 1.65. The lowest BCUT2D eigenvalue weighted by atomic mass is 10.0. The van der Waals surface area contributed by atoms with Crippen molar-refractivity contribution in [1.29, 1.82) is 0 Å². The molecule has 1 amide bonds. The summed E-state index contributed by atoms with van der Waals surface area (Å²) in [6.07, 6.45) is 4.43. The second kappa shape index (κ2) is 7.43. The van der Waals surface area contributed by atoms with Crippen molar-refractivity contribution < 1.29 is 9.18 Å². The minimum absolute atomic E-state index is 0.0889. The minimum Gasteiger partial charge on any atom is -0.338 e. The van der Waals surface area contributed by atoms with Crippen molar-refractivity contribution in [2.24, 2.45) is 0 Å². The molecule has 0 saturated carbocycles. The Hall–Kier alpha value is -2.21. The number of aryl methyl sites for hydroxylation is 1. The summed E-state index contributed by atoms with van der Waals surface area (Å²) < 4.78 is 15.5. The smallest absolute Gasteiger partial charge is 0.219 e. The molecule has 27 heavy (non-hydrogen) atoms. The Morgan fingerprint density at radius 3 is 2.70 bits per heavy atom. The fourth-order valence-electron chi connectivity index (χ4n) is 4.40. The van der Waals surface area contributed by atoms with E-state index >= 15 is 0 Å². The van der Waals surface area contributed by atoms with Crippen LogP contribution < -0.4 is 0 Å². The molecule has 0 N–H and O–H groups in total. The average Bonchev–Trinajstić information content (AvgIpc) is 3.23. The van der Waals surface area contributed by atoms with E-state index in [1.54, 1.807) is 19.1 Å². The highest BCUT2D eigenvalue weighted by atomic mass is 19.1. The van der Waals surface area contributed by atoms with Gasteiger partial charge >= 0.3 is 0 Å². The molecule has 0 spiro atoms. The summed E-state index contributed by atoms with van der Waals surface area (Å²) in [5.74, 6) is -0.160. The number of aromatic nitrogens is 2. The molecule has 2 aliphatic rings. The first-order valence-corrected chi connectivity index (χ1v) is 9.83. The molecule has 5 nitrogen and oxygen atoms in total. The van der Waals surface area contributed by atoms with Crippen LogP contribution in [0, 0.1) is 5.82 Å². The predicted molar refractivity (Wildman–Crippen MR) is 103 cm³/mol. The van der Waals surface area contributed by atoms with Gasteiger partial charge in [-0.15, -0.1) is 0 Å². The van der Waals surface area contributed by atoms with Gasteiger partial charge in [0.1, 0.15) is 5.82 Å². The summed E-state index contributed by atoms with van der Waals surface area (Å²) in [6, 6.07) is 7.12. The molecule has 0 radical (unpaired) electrons. The molecule has 6 heteroatoms. The van der Waals surface area contributed by atoms with E-state index in [1.807, 2.05) is 4.90 Å². The zero-order chi connectivity index (χ0) is 19.0. The van der Waals surface area contributed by atoms with Crippen LogP contribution in [0.5, 0.6) is 0 Å². The molecule has 2 aromatic rings. The monoisotopic (exact) mass is 370 g/mol. The number of carbonyl (C=O) groups excluding carboxylic acids is 1. The summed E-state index contributed by atoms with van der Waals surface area (Å²) in [6.45, 7) is 5.00. The van der Waals surface area contributed by atoms with E-state index in [0.29, 0.717) is 12.6 Å². The Bertz CT molecular complexity index is 829. The third kappa shape index (κ3) is 3.63. The van der Waals surface area contributed by atoms with Crippen molar-refractivity contribution in [3.8, 4) is 11.3 Å². The molecule has 2 aliphatic heterocycles. The van der Waals surface area contributed by atoms with Gasteiger partial charge in [-0.05, 0) is 57.1 Å². The van der Waals surface area contributed by atoms with Gasteiger partial charge < -0.3 is 9.80 Å². The maximum Gasteiger partial charge on any atom is 0.219 e. The fraction of sp³-hybridized carbons (Fsp3) is 0.524. The van der Waals surface area contributed by atoms with E-state index in [0.717, 1.165) is 42.8 Å². The number of rotatable bonds is 4. The number of halogens is 1. The van der Waals surface area contributed by atoms with Gasteiger partial charge in [-0.25, -0.2) is 4.39 Å². The predicted octanol–water partition coefficient (Wildman–Crippen LogP) is 3.08. The lowest BCUT2D eigenvalue weighted by molar-refractivity contribution is -0.129. The van der Waals surface area contributed by atoms with Gasteiger partial charge in [0.05, 0.1) is 5.69 Å². The molecule has 3 heterocycles. The fourth-order valence-corrected chi connectivity index (χ4v) is 4.40. The van der Waals surface area contributed by atoms with Gasteiger partial charge in [0.15, 0.2) is 0 Å². The number of hydrogen-bond donors (Lipinski definition) is 0. The standard InChI is InChI=1S/C21H27FN4O/c1-15(27)25-12-10-20-19(14-25)21(16-5-7-17(22)8-6-16)23-26(20)13-9-18-4-3-11-24(18)2/h5-8,18H,3-4,9-14H2,1-2H3/t18-/m1/s1. The van der Waals surface area contributed by atoms with Crippen LogP contribution in [0.25, 0.3) is 11.3 Å². The van der Waals surface area contributed by atoms with Crippen LogP contribution in [-0.2, 0) is 24.3 Å². The molecule has 1 saturated heterocycles. The molecule has 1 aromatic heterocycles.